The van der Waals surface area contributed by atoms with Crippen LogP contribution in [0.5, 0.6) is 0 Å². The normalized spacial score (nSPS) is 9.68. The molecule has 246 valence electrons. The maximum absolute atomic E-state index is 3.72. The van der Waals surface area contributed by atoms with Crippen LogP contribution in [-0.2, 0) is 26.2 Å². The Labute approximate surface area is 322 Å². The first kappa shape index (κ1) is 39.8. The predicted molar refractivity (Wildman–Crippen MR) is 219 cm³/mol. The third-order valence-electron chi connectivity index (χ3n) is 7.65. The predicted octanol–water partition coefficient (Wildman–Crippen LogP) is 13.6. The summed E-state index contributed by atoms with van der Waals surface area (Å²) < 4.78 is 0. The fourth-order valence-electron chi connectivity index (χ4n) is 5.46. The van der Waals surface area contributed by atoms with Gasteiger partial charge in [0.15, 0.2) is 0 Å². The summed E-state index contributed by atoms with van der Waals surface area (Å²) in [7, 11) is 1.08. The topological polar surface area (TPSA) is 0 Å². The van der Waals surface area contributed by atoms with Crippen LogP contribution in [0, 0.1) is 27.7 Å². The van der Waals surface area contributed by atoms with Crippen LogP contribution >= 0.6 is 0 Å². The van der Waals surface area contributed by atoms with Crippen LogP contribution in [0.25, 0.3) is 43.8 Å². The Morgan fingerprint density at radius 3 is 1.00 bits per heavy atom. The quantitative estimate of drug-likeness (QED) is 0.122. The molecule has 0 fully saturated rings. The summed E-state index contributed by atoms with van der Waals surface area (Å²) in [6.07, 6.45) is 0. The smallest absolute Gasteiger partial charge is 0.199 e. The van der Waals surface area contributed by atoms with Gasteiger partial charge >= 0.3 is 26.2 Å². The summed E-state index contributed by atoms with van der Waals surface area (Å²) in [5, 5.41) is 5.37. The van der Waals surface area contributed by atoms with Crippen molar-refractivity contribution in [3.8, 4) is 22.3 Å². The van der Waals surface area contributed by atoms with E-state index in [9.17, 15) is 0 Å². The van der Waals surface area contributed by atoms with Gasteiger partial charge in [0.2, 0.25) is 0 Å². The van der Waals surface area contributed by atoms with E-state index in [0.29, 0.717) is 0 Å². The van der Waals surface area contributed by atoms with E-state index in [1.54, 1.807) is 0 Å². The Kier molecular flexibility index (Phi) is 17.1. The van der Waals surface area contributed by atoms with E-state index >= 15 is 0 Å². The van der Waals surface area contributed by atoms with Crippen molar-refractivity contribution in [3.63, 3.8) is 0 Å². The van der Waals surface area contributed by atoms with Gasteiger partial charge < -0.3 is 0 Å². The summed E-state index contributed by atoms with van der Waals surface area (Å²) >= 11 is 0. The van der Waals surface area contributed by atoms with Crippen molar-refractivity contribution >= 4 is 31.1 Å². The van der Waals surface area contributed by atoms with E-state index in [4.69, 9.17) is 0 Å². The molecule has 0 aliphatic carbocycles. The van der Waals surface area contributed by atoms with Crippen molar-refractivity contribution in [2.45, 2.75) is 26.9 Å². The van der Waals surface area contributed by atoms with Crippen LogP contribution in [0.3, 0.4) is 0 Å². The molecule has 8 aromatic rings. The third-order valence-corrected chi connectivity index (χ3v) is 7.65. The number of aryl methyl sites for hydroxylation is 2. The molecule has 0 N–H and O–H groups in total. The van der Waals surface area contributed by atoms with E-state index in [-0.39, 0.29) is 26.2 Å². The monoisotopic (exact) mass is 740 g/mol. The van der Waals surface area contributed by atoms with Gasteiger partial charge in [-0.05, 0) is 11.1 Å². The Morgan fingerprint density at radius 2 is 0.720 bits per heavy atom. The molecule has 2 heteroatoms. The van der Waals surface area contributed by atoms with E-state index in [2.05, 4.69) is 162 Å². The minimum atomic E-state index is 0. The van der Waals surface area contributed by atoms with E-state index in [0.717, 1.165) is 20.6 Å². The standard InChI is InChI=1S/2C16H13.2C7H7.C2H6Si.Zr/c2*1-12-10-14-8-5-9-15(16(14)11-12)13-6-3-2-4-7-13;2*1-7-5-3-2-4-6-7;1-3-2;/h2*2-11H,1H3;2*2-6H,1H2;1-2H3;/q4*-1;;+4. The molecule has 0 saturated heterocycles. The van der Waals surface area contributed by atoms with Crippen molar-refractivity contribution < 1.29 is 26.2 Å². The Hall–Kier alpha value is -4.62. The molecule has 0 atom stereocenters. The molecule has 8 rings (SSSR count). The van der Waals surface area contributed by atoms with Crippen molar-refractivity contribution in [1.29, 1.82) is 0 Å². The van der Waals surface area contributed by atoms with Gasteiger partial charge in [-0.3, -0.25) is 0 Å². The molecule has 0 nitrogen and oxygen atoms in total. The van der Waals surface area contributed by atoms with Gasteiger partial charge in [0.05, 0.1) is 0 Å². The van der Waals surface area contributed by atoms with Gasteiger partial charge in [-0.15, -0.1) is 93.3 Å². The molecule has 50 heavy (non-hydrogen) atoms. The van der Waals surface area contributed by atoms with Gasteiger partial charge in [-0.25, -0.2) is 0 Å². The molecular formula is C48H46SiZr. The number of benzene rings is 6. The fraction of sp³-hybridized carbons (Fsp3) is 0.0833. The molecule has 2 radical (unpaired) electrons. The maximum Gasteiger partial charge on any atom is 4.00 e. The van der Waals surface area contributed by atoms with Crippen LogP contribution in [0.1, 0.15) is 22.3 Å². The van der Waals surface area contributed by atoms with Crippen LogP contribution in [-0.4, -0.2) is 9.52 Å². The van der Waals surface area contributed by atoms with E-state index < -0.39 is 0 Å². The minimum Gasteiger partial charge on any atom is -0.199 e. The summed E-state index contributed by atoms with van der Waals surface area (Å²) in [5.74, 6) is 0. The fourth-order valence-corrected chi connectivity index (χ4v) is 5.46. The van der Waals surface area contributed by atoms with Gasteiger partial charge in [0.25, 0.3) is 0 Å². The number of fused-ring (bicyclic) bond motifs is 2. The molecule has 0 aromatic heterocycles. The number of hydrogen-bond donors (Lipinski definition) is 0. The summed E-state index contributed by atoms with van der Waals surface area (Å²) in [5.41, 5.74) is 10.0. The van der Waals surface area contributed by atoms with Crippen LogP contribution < -0.4 is 0 Å². The Bertz CT molecular complexity index is 1920. The second kappa shape index (κ2) is 21.5. The second-order valence-electron chi connectivity index (χ2n) is 11.9. The summed E-state index contributed by atoms with van der Waals surface area (Å²) in [6.45, 7) is 16.0. The molecule has 0 saturated carbocycles. The van der Waals surface area contributed by atoms with Gasteiger partial charge in [0.1, 0.15) is 0 Å². The van der Waals surface area contributed by atoms with Gasteiger partial charge in [0, 0.05) is 9.52 Å². The second-order valence-corrected chi connectivity index (χ2v) is 12.9. The van der Waals surface area contributed by atoms with Crippen LogP contribution in [0.2, 0.25) is 13.1 Å². The SMILES string of the molecule is C[Si]C.Cc1cc2c(-c3ccccc3)cccc2[cH-]1.Cc1cc2c(-c3ccccc3)cccc2[cH-]1.[CH2-]c1ccccc1.[CH2-]c1ccccc1.[Zr+4]. The summed E-state index contributed by atoms with van der Waals surface area (Å²) in [6, 6.07) is 62.9. The molecule has 8 aromatic carbocycles. The molecule has 0 spiro atoms. The first-order valence-electron chi connectivity index (χ1n) is 16.6. The molecule has 0 aliphatic heterocycles. The maximum atomic E-state index is 3.72. The number of hydrogen-bond acceptors (Lipinski definition) is 0. The van der Waals surface area contributed by atoms with Crippen molar-refractivity contribution in [2.75, 3.05) is 0 Å². The Morgan fingerprint density at radius 1 is 0.420 bits per heavy atom. The van der Waals surface area contributed by atoms with E-state index in [1.165, 1.54) is 54.9 Å². The van der Waals surface area contributed by atoms with Crippen LogP contribution in [0.15, 0.2) is 182 Å². The minimum absolute atomic E-state index is 0. The zero-order chi connectivity index (χ0) is 34.8. The average Bonchev–Trinajstić information content (AvgIpc) is 3.71. The van der Waals surface area contributed by atoms with Crippen molar-refractivity contribution in [1.82, 2.24) is 0 Å². The molecule has 0 unspecified atom stereocenters. The first-order chi connectivity index (χ1) is 23.9. The third kappa shape index (κ3) is 12.4. The number of rotatable bonds is 2. The van der Waals surface area contributed by atoms with E-state index in [1.807, 2.05) is 60.7 Å². The van der Waals surface area contributed by atoms with Crippen molar-refractivity contribution in [2.24, 2.45) is 0 Å². The van der Waals surface area contributed by atoms with Gasteiger partial charge in [-0.2, -0.15) is 61.4 Å². The van der Waals surface area contributed by atoms with Gasteiger partial charge in [-0.1, -0.05) is 123 Å². The van der Waals surface area contributed by atoms with Crippen LogP contribution in [0.4, 0.5) is 0 Å². The molecule has 0 bridgehead atoms. The Balaban J connectivity index is 0.000000186. The molecule has 0 aliphatic rings. The van der Waals surface area contributed by atoms with Crippen molar-refractivity contribution in [3.05, 3.63) is 218 Å². The zero-order valence-corrected chi connectivity index (χ0v) is 33.2. The molecule has 0 heterocycles. The summed E-state index contributed by atoms with van der Waals surface area (Å²) in [4.78, 5) is 0. The zero-order valence-electron chi connectivity index (χ0n) is 29.7. The molecule has 0 amide bonds. The first-order valence-corrected chi connectivity index (χ1v) is 18.6. The molecular weight excluding hydrogens is 696 g/mol. The average molecular weight is 742 g/mol. The largest absolute Gasteiger partial charge is 4.00 e.